The van der Waals surface area contributed by atoms with E-state index in [2.05, 4.69) is 15.6 Å². The van der Waals surface area contributed by atoms with Gasteiger partial charge in [0, 0.05) is 16.8 Å². The number of benzene rings is 1. The Bertz CT molecular complexity index is 895. The number of carbonyl (C=O) groups is 2. The van der Waals surface area contributed by atoms with Crippen molar-refractivity contribution in [3.8, 4) is 0 Å². The minimum absolute atomic E-state index is 0.287. The number of nitrogens with zero attached hydrogens (tertiary/aromatic N) is 1. The highest BCUT2D eigenvalue weighted by Crippen LogP contribution is 2.26. The van der Waals surface area contributed by atoms with E-state index in [0.29, 0.717) is 17.0 Å². The van der Waals surface area contributed by atoms with Crippen LogP contribution in [-0.2, 0) is 9.53 Å². The number of hydrogen-bond donors (Lipinski definition) is 2. The lowest BCUT2D eigenvalue weighted by Gasteiger charge is -2.26. The van der Waals surface area contributed by atoms with Crippen LogP contribution in [0.1, 0.15) is 19.4 Å². The normalized spacial score (nSPS) is 17.0. The fourth-order valence-corrected chi connectivity index (χ4v) is 3.87. The van der Waals surface area contributed by atoms with Crippen LogP contribution >= 0.6 is 11.8 Å². The second-order valence-electron chi connectivity index (χ2n) is 6.02. The second-order valence-corrected chi connectivity index (χ2v) is 7.01. The van der Waals surface area contributed by atoms with Gasteiger partial charge in [-0.05, 0) is 38.5 Å². The molecule has 1 atom stereocenters. The molecule has 26 heavy (non-hydrogen) atoms. The predicted octanol–water partition coefficient (Wildman–Crippen LogP) is 3.15. The molecule has 6 nitrogen and oxygen atoms in total. The summed E-state index contributed by atoms with van der Waals surface area (Å²) in [6.07, 6.45) is 0. The van der Waals surface area contributed by atoms with E-state index in [1.54, 1.807) is 13.8 Å². The second kappa shape index (κ2) is 7.78. The lowest BCUT2D eigenvalue weighted by molar-refractivity contribution is -0.138. The maximum absolute atomic E-state index is 12.3. The van der Waals surface area contributed by atoms with Crippen molar-refractivity contribution in [2.45, 2.75) is 31.8 Å². The summed E-state index contributed by atoms with van der Waals surface area (Å²) in [7, 11) is 0. The van der Waals surface area contributed by atoms with Crippen LogP contribution < -0.4 is 10.6 Å². The molecule has 0 saturated carbocycles. The first-order chi connectivity index (χ1) is 12.5. The van der Waals surface area contributed by atoms with Gasteiger partial charge in [0.05, 0.1) is 28.8 Å². The van der Waals surface area contributed by atoms with Crippen LogP contribution in [0.2, 0.25) is 0 Å². The average molecular weight is 371 g/mol. The van der Waals surface area contributed by atoms with Crippen molar-refractivity contribution in [1.82, 2.24) is 15.6 Å². The molecule has 0 bridgehead atoms. The third-order valence-corrected chi connectivity index (χ3v) is 5.07. The number of carbonyl (C=O) groups excluding carboxylic acids is 2. The summed E-state index contributed by atoms with van der Waals surface area (Å²) >= 11 is 1.48. The zero-order valence-corrected chi connectivity index (χ0v) is 15.8. The van der Waals surface area contributed by atoms with Gasteiger partial charge in [-0.2, -0.15) is 0 Å². The van der Waals surface area contributed by atoms with Crippen molar-refractivity contribution in [3.05, 3.63) is 47.2 Å². The number of nitrogens with one attached hydrogen (secondary N) is 2. The van der Waals surface area contributed by atoms with Gasteiger partial charge >= 0.3 is 12.0 Å². The predicted molar refractivity (Wildman–Crippen MR) is 102 cm³/mol. The molecule has 3 rings (SSSR count). The summed E-state index contributed by atoms with van der Waals surface area (Å²) in [4.78, 5) is 28.7. The lowest BCUT2D eigenvalue weighted by Crippen LogP contribution is -2.49. The molecule has 0 fully saturated rings. The molecule has 136 valence electrons. The molecule has 2 heterocycles. The molecule has 0 radical (unpaired) electrons. The first-order valence-electron chi connectivity index (χ1n) is 8.46. The van der Waals surface area contributed by atoms with Crippen LogP contribution in [0.3, 0.4) is 0 Å². The molecule has 1 aromatic carbocycles. The molecule has 7 heteroatoms. The van der Waals surface area contributed by atoms with Gasteiger partial charge in [-0.3, -0.25) is 0 Å². The number of hydrogen-bond acceptors (Lipinski definition) is 5. The molecule has 1 aromatic heterocycles. The zero-order chi connectivity index (χ0) is 18.7. The summed E-state index contributed by atoms with van der Waals surface area (Å²) in [5, 5.41) is 7.40. The van der Waals surface area contributed by atoms with Crippen molar-refractivity contribution >= 4 is 34.7 Å². The van der Waals surface area contributed by atoms with E-state index in [1.807, 2.05) is 37.3 Å². The largest absolute Gasteiger partial charge is 0.463 e. The summed E-state index contributed by atoms with van der Waals surface area (Å²) < 4.78 is 5.13. The summed E-state index contributed by atoms with van der Waals surface area (Å²) in [5.74, 6) is 0.0159. The maximum atomic E-state index is 12.3. The van der Waals surface area contributed by atoms with E-state index in [0.717, 1.165) is 21.5 Å². The average Bonchev–Trinajstić information content (AvgIpc) is 2.59. The zero-order valence-electron chi connectivity index (χ0n) is 15.0. The third kappa shape index (κ3) is 3.83. The fraction of sp³-hybridized carbons (Fsp3) is 0.316. The lowest BCUT2D eigenvalue weighted by atomic mass is 10.1. The number of amides is 2. The van der Waals surface area contributed by atoms with E-state index in [4.69, 9.17) is 4.74 Å². The molecule has 0 unspecified atom stereocenters. The molecule has 0 saturated heterocycles. The van der Waals surface area contributed by atoms with Gasteiger partial charge < -0.3 is 15.4 Å². The number of aromatic nitrogens is 1. The van der Waals surface area contributed by atoms with Gasteiger partial charge in [0.2, 0.25) is 0 Å². The molecule has 2 aromatic rings. The number of aryl methyl sites for hydroxylation is 1. The summed E-state index contributed by atoms with van der Waals surface area (Å²) in [6, 6.07) is 9.27. The number of rotatable bonds is 5. The summed E-state index contributed by atoms with van der Waals surface area (Å²) in [5.41, 5.74) is 3.09. The van der Waals surface area contributed by atoms with Crippen LogP contribution in [0.25, 0.3) is 10.9 Å². The Hall–Kier alpha value is -2.54. The molecule has 0 spiro atoms. The molecule has 1 aliphatic heterocycles. The Morgan fingerprint density at radius 2 is 2.12 bits per heavy atom. The fourth-order valence-electron chi connectivity index (χ4n) is 2.93. The molecule has 2 N–H and O–H groups in total. The van der Waals surface area contributed by atoms with E-state index >= 15 is 0 Å². The number of fused-ring (bicyclic) bond motifs is 1. The van der Waals surface area contributed by atoms with Gasteiger partial charge in [0.15, 0.2) is 0 Å². The Labute approximate surface area is 156 Å². The smallest absolute Gasteiger partial charge is 0.337 e. The van der Waals surface area contributed by atoms with Crippen LogP contribution in [0, 0.1) is 6.92 Å². The SMILES string of the molecule is CCOC(=O)C1=C(CSc2cc(C)c3ccccc3n2)NC(=O)N[C@@H]1C. The minimum Gasteiger partial charge on any atom is -0.463 e. The summed E-state index contributed by atoms with van der Waals surface area (Å²) in [6.45, 7) is 5.86. The van der Waals surface area contributed by atoms with Gasteiger partial charge in [-0.1, -0.05) is 18.2 Å². The van der Waals surface area contributed by atoms with Crippen LogP contribution in [0.5, 0.6) is 0 Å². The van der Waals surface area contributed by atoms with Crippen LogP contribution in [0.4, 0.5) is 4.79 Å². The highest BCUT2D eigenvalue weighted by atomic mass is 32.2. The number of para-hydroxylation sites is 1. The Balaban J connectivity index is 1.87. The maximum Gasteiger partial charge on any atom is 0.337 e. The van der Waals surface area contributed by atoms with Crippen LogP contribution in [-0.4, -0.2) is 35.4 Å². The number of urea groups is 1. The number of thioether (sulfide) groups is 1. The Morgan fingerprint density at radius 3 is 2.88 bits per heavy atom. The van der Waals surface area contributed by atoms with Gasteiger partial charge in [0.1, 0.15) is 0 Å². The van der Waals surface area contributed by atoms with Crippen LogP contribution in [0.15, 0.2) is 46.6 Å². The molecular weight excluding hydrogens is 350 g/mol. The van der Waals surface area contributed by atoms with E-state index < -0.39 is 12.0 Å². The molecule has 2 amide bonds. The van der Waals surface area contributed by atoms with Gasteiger partial charge in [-0.15, -0.1) is 11.8 Å². The first-order valence-corrected chi connectivity index (χ1v) is 9.45. The standard InChI is InChI=1S/C19H21N3O3S/c1-4-25-18(23)17-12(3)20-19(24)22-15(17)10-26-16-9-11(2)13-7-5-6-8-14(13)21-16/h5-9,12H,4,10H2,1-3H3,(H2,20,22,24)/t12-/m1/s1. The topological polar surface area (TPSA) is 80.3 Å². The third-order valence-electron chi connectivity index (χ3n) is 4.13. The quantitative estimate of drug-likeness (QED) is 0.623. The number of esters is 1. The first kappa shape index (κ1) is 18.3. The molecular formula is C19H21N3O3S. The highest BCUT2D eigenvalue weighted by Gasteiger charge is 2.29. The van der Waals surface area contributed by atoms with E-state index in [1.165, 1.54) is 11.8 Å². The van der Waals surface area contributed by atoms with Crippen molar-refractivity contribution < 1.29 is 14.3 Å². The number of ether oxygens (including phenoxy) is 1. The Morgan fingerprint density at radius 1 is 1.35 bits per heavy atom. The van der Waals surface area contributed by atoms with Crippen molar-refractivity contribution in [1.29, 1.82) is 0 Å². The van der Waals surface area contributed by atoms with E-state index in [9.17, 15) is 9.59 Å². The van der Waals surface area contributed by atoms with E-state index in [-0.39, 0.29) is 12.6 Å². The van der Waals surface area contributed by atoms with Crippen molar-refractivity contribution in [2.24, 2.45) is 0 Å². The minimum atomic E-state index is -0.411. The monoisotopic (exact) mass is 371 g/mol. The van der Waals surface area contributed by atoms with Crippen molar-refractivity contribution in [3.63, 3.8) is 0 Å². The van der Waals surface area contributed by atoms with Crippen molar-refractivity contribution in [2.75, 3.05) is 12.4 Å². The van der Waals surface area contributed by atoms with Gasteiger partial charge in [-0.25, -0.2) is 14.6 Å². The highest BCUT2D eigenvalue weighted by molar-refractivity contribution is 7.99. The van der Waals surface area contributed by atoms with Gasteiger partial charge in [0.25, 0.3) is 0 Å². The molecule has 1 aliphatic rings. The Kier molecular flexibility index (Phi) is 5.46. The molecule has 0 aliphatic carbocycles. The number of pyridine rings is 1.